The summed E-state index contributed by atoms with van der Waals surface area (Å²) >= 11 is 0. The lowest BCUT2D eigenvalue weighted by atomic mass is 9.91. The van der Waals surface area contributed by atoms with Gasteiger partial charge in [-0.3, -0.25) is 4.79 Å². The van der Waals surface area contributed by atoms with Crippen molar-refractivity contribution in [1.29, 1.82) is 0 Å². The summed E-state index contributed by atoms with van der Waals surface area (Å²) in [5, 5.41) is 7.63. The Kier molecular flexibility index (Phi) is 7.62. The molecule has 2 heterocycles. The molecule has 8 heteroatoms. The van der Waals surface area contributed by atoms with Crippen LogP contribution in [-0.4, -0.2) is 52.5 Å². The van der Waals surface area contributed by atoms with Gasteiger partial charge < -0.3 is 19.7 Å². The average Bonchev–Trinajstić information content (AvgIpc) is 3.32. The van der Waals surface area contributed by atoms with Gasteiger partial charge in [0, 0.05) is 31.1 Å². The number of carbonyl (C=O) groups is 2. The quantitative estimate of drug-likeness (QED) is 0.530. The third kappa shape index (κ3) is 5.87. The van der Waals surface area contributed by atoms with Crippen molar-refractivity contribution in [1.82, 2.24) is 20.0 Å². The highest BCUT2D eigenvalue weighted by molar-refractivity contribution is 5.95. The van der Waals surface area contributed by atoms with Crippen molar-refractivity contribution in [2.24, 2.45) is 0 Å². The Morgan fingerprint density at radius 2 is 1.69 bits per heavy atom. The predicted octanol–water partition coefficient (Wildman–Crippen LogP) is 4.93. The predicted molar refractivity (Wildman–Crippen MR) is 138 cm³/mol. The zero-order chi connectivity index (χ0) is 25.7. The van der Waals surface area contributed by atoms with Gasteiger partial charge in [-0.15, -0.1) is 0 Å². The maximum atomic E-state index is 13.4. The molecule has 1 aliphatic heterocycles. The Labute approximate surface area is 212 Å². The number of hydrogen-bond donors (Lipinski definition) is 1. The topological polar surface area (TPSA) is 85.7 Å². The number of methoxy groups -OCH3 is 1. The fraction of sp³-hybridized carbons (Fsp3) is 0.393. The molecule has 0 spiro atoms. The van der Waals surface area contributed by atoms with Crippen LogP contribution in [0.2, 0.25) is 0 Å². The molecule has 1 fully saturated rings. The first-order valence-electron chi connectivity index (χ1n) is 12.3. The number of para-hydroxylation sites is 2. The Balaban J connectivity index is 1.55. The van der Waals surface area contributed by atoms with Crippen molar-refractivity contribution in [3.63, 3.8) is 0 Å². The summed E-state index contributed by atoms with van der Waals surface area (Å²) in [5.74, 6) is 0.610. The molecule has 0 unspecified atom stereocenters. The third-order valence-electron chi connectivity index (χ3n) is 6.22. The van der Waals surface area contributed by atoms with Crippen molar-refractivity contribution in [3.05, 3.63) is 77.6 Å². The van der Waals surface area contributed by atoms with Gasteiger partial charge in [0.05, 0.1) is 30.3 Å². The number of hydrogen-bond acceptors (Lipinski definition) is 5. The van der Waals surface area contributed by atoms with Crippen LogP contribution in [0.3, 0.4) is 0 Å². The Morgan fingerprint density at radius 1 is 1.03 bits per heavy atom. The van der Waals surface area contributed by atoms with Gasteiger partial charge in [0.15, 0.2) is 0 Å². The summed E-state index contributed by atoms with van der Waals surface area (Å²) in [6.07, 6.45) is 2.77. The molecule has 0 aliphatic carbocycles. The van der Waals surface area contributed by atoms with E-state index in [0.29, 0.717) is 38.0 Å². The zero-order valence-electron chi connectivity index (χ0n) is 21.4. The maximum absolute atomic E-state index is 13.4. The monoisotopic (exact) mass is 490 g/mol. The summed E-state index contributed by atoms with van der Waals surface area (Å²) in [6, 6.07) is 17.4. The number of carbonyl (C=O) groups excluding carboxylic acids is 2. The van der Waals surface area contributed by atoms with Gasteiger partial charge >= 0.3 is 6.09 Å². The maximum Gasteiger partial charge on any atom is 0.410 e. The molecule has 8 nitrogen and oxygen atoms in total. The molecule has 0 bridgehead atoms. The van der Waals surface area contributed by atoms with Crippen molar-refractivity contribution in [3.8, 4) is 11.4 Å². The number of piperidine rings is 1. The van der Waals surface area contributed by atoms with Crippen LogP contribution in [0.25, 0.3) is 5.69 Å². The van der Waals surface area contributed by atoms with Crippen molar-refractivity contribution < 1.29 is 19.1 Å². The molecule has 36 heavy (non-hydrogen) atoms. The van der Waals surface area contributed by atoms with Crippen LogP contribution in [0, 0.1) is 0 Å². The molecule has 1 saturated heterocycles. The number of rotatable bonds is 6. The van der Waals surface area contributed by atoms with Gasteiger partial charge in [-0.2, -0.15) is 5.10 Å². The van der Waals surface area contributed by atoms with Crippen LogP contribution in [-0.2, 0) is 11.3 Å². The minimum atomic E-state index is -0.535. The van der Waals surface area contributed by atoms with Crippen molar-refractivity contribution in [2.45, 2.75) is 51.7 Å². The first-order valence-corrected chi connectivity index (χ1v) is 12.3. The van der Waals surface area contributed by atoms with Gasteiger partial charge in [-0.1, -0.05) is 36.4 Å². The second-order valence-corrected chi connectivity index (χ2v) is 9.93. The second kappa shape index (κ2) is 10.8. The zero-order valence-corrected chi connectivity index (χ0v) is 21.4. The van der Waals surface area contributed by atoms with Crippen LogP contribution in [0.1, 0.15) is 61.1 Å². The second-order valence-electron chi connectivity index (χ2n) is 9.93. The third-order valence-corrected chi connectivity index (χ3v) is 6.22. The largest absolute Gasteiger partial charge is 0.496 e. The smallest absolute Gasteiger partial charge is 0.410 e. The lowest BCUT2D eigenvalue weighted by Gasteiger charge is -2.34. The van der Waals surface area contributed by atoms with Gasteiger partial charge in [0.1, 0.15) is 11.4 Å². The minimum absolute atomic E-state index is 0.0680. The van der Waals surface area contributed by atoms with E-state index in [-0.39, 0.29) is 17.9 Å². The fourth-order valence-electron chi connectivity index (χ4n) is 4.48. The Bertz CT molecular complexity index is 1190. The molecule has 4 rings (SSSR count). The van der Waals surface area contributed by atoms with Gasteiger partial charge in [-0.05, 0) is 51.8 Å². The average molecular weight is 491 g/mol. The molecular weight excluding hydrogens is 456 g/mol. The minimum Gasteiger partial charge on any atom is -0.496 e. The number of amides is 2. The van der Waals surface area contributed by atoms with E-state index >= 15 is 0 Å². The summed E-state index contributed by atoms with van der Waals surface area (Å²) in [7, 11) is 1.62. The highest BCUT2D eigenvalue weighted by atomic mass is 16.6. The Morgan fingerprint density at radius 3 is 2.36 bits per heavy atom. The van der Waals surface area contributed by atoms with Crippen LogP contribution < -0.4 is 10.1 Å². The van der Waals surface area contributed by atoms with Crippen LogP contribution >= 0.6 is 0 Å². The van der Waals surface area contributed by atoms with E-state index in [1.165, 1.54) is 0 Å². The molecule has 0 radical (unpaired) electrons. The van der Waals surface area contributed by atoms with Gasteiger partial charge in [-0.25, -0.2) is 9.48 Å². The summed E-state index contributed by atoms with van der Waals surface area (Å²) in [5.41, 5.74) is 2.67. The van der Waals surface area contributed by atoms with Crippen molar-refractivity contribution >= 4 is 12.0 Å². The normalized spacial score (nSPS) is 14.4. The van der Waals surface area contributed by atoms with E-state index < -0.39 is 5.60 Å². The van der Waals surface area contributed by atoms with Crippen LogP contribution in [0.5, 0.6) is 5.75 Å². The SMILES string of the molecule is COc1ccccc1CNC(=O)c1cnn(-c2ccccc2)c1C1CCN(C(=O)OC(C)(C)C)CC1. The molecule has 2 aromatic carbocycles. The lowest BCUT2D eigenvalue weighted by Crippen LogP contribution is -2.41. The molecule has 3 aromatic rings. The van der Waals surface area contributed by atoms with E-state index in [2.05, 4.69) is 10.4 Å². The molecule has 0 atom stereocenters. The molecule has 1 N–H and O–H groups in total. The van der Waals surface area contributed by atoms with E-state index in [1.807, 2.05) is 80.1 Å². The first kappa shape index (κ1) is 25.3. The molecule has 190 valence electrons. The number of likely N-dealkylation sites (tertiary alicyclic amines) is 1. The molecule has 1 aromatic heterocycles. The molecule has 0 saturated carbocycles. The van der Waals surface area contributed by atoms with E-state index in [1.54, 1.807) is 18.2 Å². The number of benzene rings is 2. The standard InChI is InChI=1S/C28H34N4O4/c1-28(2,3)36-27(34)31-16-14-20(15-17-31)25-23(19-30-32(25)22-11-6-5-7-12-22)26(33)29-18-21-10-8-9-13-24(21)35-4/h5-13,19-20H,14-18H2,1-4H3,(H,29,33). The summed E-state index contributed by atoms with van der Waals surface area (Å²) in [4.78, 5) is 27.7. The number of nitrogens with zero attached hydrogens (tertiary/aromatic N) is 3. The summed E-state index contributed by atoms with van der Waals surface area (Å²) < 4.78 is 12.8. The van der Waals surface area contributed by atoms with Crippen LogP contribution in [0.4, 0.5) is 4.79 Å². The summed E-state index contributed by atoms with van der Waals surface area (Å²) in [6.45, 7) is 7.06. The van der Waals surface area contributed by atoms with E-state index in [4.69, 9.17) is 9.47 Å². The van der Waals surface area contributed by atoms with Crippen LogP contribution in [0.15, 0.2) is 60.8 Å². The number of ether oxygens (including phenoxy) is 2. The van der Waals surface area contributed by atoms with Crippen molar-refractivity contribution in [2.75, 3.05) is 20.2 Å². The van der Waals surface area contributed by atoms with E-state index in [9.17, 15) is 9.59 Å². The number of aromatic nitrogens is 2. The van der Waals surface area contributed by atoms with E-state index in [0.717, 1.165) is 22.7 Å². The molecule has 2 amide bonds. The van der Waals surface area contributed by atoms with Gasteiger partial charge in [0.25, 0.3) is 5.91 Å². The Hall–Kier alpha value is -3.81. The highest BCUT2D eigenvalue weighted by Crippen LogP contribution is 2.33. The lowest BCUT2D eigenvalue weighted by molar-refractivity contribution is 0.0203. The highest BCUT2D eigenvalue weighted by Gasteiger charge is 2.32. The number of nitrogens with one attached hydrogen (secondary N) is 1. The van der Waals surface area contributed by atoms with Gasteiger partial charge in [0.2, 0.25) is 0 Å². The fourth-order valence-corrected chi connectivity index (χ4v) is 4.48. The first-order chi connectivity index (χ1) is 17.3. The molecule has 1 aliphatic rings. The molecular formula is C28H34N4O4.